The average molecular weight is 192 g/mol. The van der Waals surface area contributed by atoms with Gasteiger partial charge in [-0.2, -0.15) is 0 Å². The van der Waals surface area contributed by atoms with Crippen LogP contribution in [0.3, 0.4) is 0 Å². The van der Waals surface area contributed by atoms with E-state index in [2.05, 4.69) is 0 Å². The zero-order chi connectivity index (χ0) is 9.17. The predicted molar refractivity (Wildman–Crippen MR) is 55.0 cm³/mol. The number of rotatable bonds is 0. The van der Waals surface area contributed by atoms with E-state index in [4.69, 9.17) is 4.74 Å². The molecule has 0 N–H and O–H groups in total. The molecule has 5 rings (SSSR count). The first-order valence-electron chi connectivity index (χ1n) is 6.47. The van der Waals surface area contributed by atoms with Crippen LogP contribution in [0.5, 0.6) is 0 Å². The maximum Gasteiger partial charge on any atom is 0.0659 e. The lowest BCUT2D eigenvalue weighted by molar-refractivity contribution is -0.206. The molecule has 4 bridgehead atoms. The second-order valence-electron chi connectivity index (χ2n) is 6.36. The van der Waals surface area contributed by atoms with Crippen LogP contribution in [-0.4, -0.2) is 12.7 Å². The fourth-order valence-electron chi connectivity index (χ4n) is 5.46. The minimum atomic E-state index is 0.674. The fourth-order valence-corrected chi connectivity index (χ4v) is 5.46. The third-order valence-corrected chi connectivity index (χ3v) is 5.48. The smallest absolute Gasteiger partial charge is 0.0659 e. The van der Waals surface area contributed by atoms with Crippen molar-refractivity contribution in [2.45, 2.75) is 51.0 Å². The molecule has 5 fully saturated rings. The monoisotopic (exact) mass is 192 g/mol. The van der Waals surface area contributed by atoms with Crippen molar-refractivity contribution >= 4 is 0 Å². The molecule has 1 heteroatoms. The number of ether oxygens (including phenoxy) is 1. The summed E-state index contributed by atoms with van der Waals surface area (Å²) in [4.78, 5) is 0. The van der Waals surface area contributed by atoms with Crippen LogP contribution < -0.4 is 0 Å². The Labute approximate surface area is 86.2 Å². The van der Waals surface area contributed by atoms with Gasteiger partial charge in [0.25, 0.3) is 0 Å². The second kappa shape index (κ2) is 2.55. The molecule has 3 atom stereocenters. The molecule has 1 aliphatic heterocycles. The van der Waals surface area contributed by atoms with E-state index in [-0.39, 0.29) is 0 Å². The molecule has 0 aromatic rings. The number of hydrogen-bond donors (Lipinski definition) is 0. The Morgan fingerprint density at radius 3 is 2.57 bits per heavy atom. The molecule has 0 amide bonds. The van der Waals surface area contributed by atoms with Crippen molar-refractivity contribution in [2.75, 3.05) is 6.61 Å². The quantitative estimate of drug-likeness (QED) is 0.573. The Bertz CT molecular complexity index is 246. The highest BCUT2D eigenvalue weighted by Gasteiger charge is 2.58. The predicted octanol–water partition coefficient (Wildman–Crippen LogP) is 2.99. The molecule has 1 spiro atoms. The van der Waals surface area contributed by atoms with Crippen LogP contribution in [0.25, 0.3) is 0 Å². The summed E-state index contributed by atoms with van der Waals surface area (Å²) in [5.41, 5.74) is 0.674. The maximum atomic E-state index is 6.11. The van der Waals surface area contributed by atoms with Gasteiger partial charge < -0.3 is 4.74 Å². The fraction of sp³-hybridized carbons (Fsp3) is 1.00. The summed E-state index contributed by atoms with van der Waals surface area (Å²) in [6.45, 7) is 1.05. The Kier molecular flexibility index (Phi) is 1.49. The summed E-state index contributed by atoms with van der Waals surface area (Å²) in [5, 5.41) is 0. The Balaban J connectivity index is 1.75. The van der Waals surface area contributed by atoms with Crippen molar-refractivity contribution < 1.29 is 4.74 Å². The van der Waals surface area contributed by atoms with Gasteiger partial charge >= 0.3 is 0 Å². The van der Waals surface area contributed by atoms with Gasteiger partial charge in [-0.15, -0.1) is 0 Å². The van der Waals surface area contributed by atoms with Crippen LogP contribution in [0.4, 0.5) is 0 Å². The zero-order valence-electron chi connectivity index (χ0n) is 8.87. The standard InChI is InChI=1S/C13H20O/c1-2-13-7-9-4-10(8-13)6-11(5-9)12(13)14-3-1/h9-12H,1-8H2. The normalized spacial score (nSPS) is 60.0. The lowest BCUT2D eigenvalue weighted by Crippen LogP contribution is -2.58. The van der Waals surface area contributed by atoms with Gasteiger partial charge in [0.2, 0.25) is 0 Å². The van der Waals surface area contributed by atoms with Crippen molar-refractivity contribution in [1.29, 1.82) is 0 Å². The van der Waals surface area contributed by atoms with Gasteiger partial charge in [-0.25, -0.2) is 0 Å². The highest BCUT2D eigenvalue weighted by Crippen LogP contribution is 2.63. The number of hydrogen-bond acceptors (Lipinski definition) is 1. The van der Waals surface area contributed by atoms with E-state index in [0.29, 0.717) is 11.5 Å². The van der Waals surface area contributed by atoms with E-state index in [1.165, 1.54) is 38.5 Å². The topological polar surface area (TPSA) is 9.23 Å². The van der Waals surface area contributed by atoms with Gasteiger partial charge in [0, 0.05) is 6.61 Å². The largest absolute Gasteiger partial charge is 0.377 e. The summed E-state index contributed by atoms with van der Waals surface area (Å²) in [6.07, 6.45) is 11.1. The Morgan fingerprint density at radius 2 is 1.79 bits per heavy atom. The highest BCUT2D eigenvalue weighted by atomic mass is 16.5. The molecule has 5 aliphatic rings. The molecular weight excluding hydrogens is 172 g/mol. The lowest BCUT2D eigenvalue weighted by atomic mass is 9.47. The summed E-state index contributed by atoms with van der Waals surface area (Å²) in [6, 6.07) is 0. The SMILES string of the molecule is C1COC2C3CC4CC(C3)CC2(C1)C4. The van der Waals surface area contributed by atoms with Gasteiger partial charge in [0.1, 0.15) is 0 Å². The first-order chi connectivity index (χ1) is 6.86. The molecule has 3 unspecified atom stereocenters. The van der Waals surface area contributed by atoms with Crippen LogP contribution in [0.1, 0.15) is 44.9 Å². The molecule has 14 heavy (non-hydrogen) atoms. The van der Waals surface area contributed by atoms with Gasteiger partial charge in [-0.3, -0.25) is 0 Å². The van der Waals surface area contributed by atoms with E-state index in [9.17, 15) is 0 Å². The Morgan fingerprint density at radius 1 is 1.00 bits per heavy atom. The average Bonchev–Trinajstić information content (AvgIpc) is 2.15. The molecule has 1 nitrogen and oxygen atoms in total. The molecule has 0 aromatic carbocycles. The maximum absolute atomic E-state index is 6.11. The molecule has 4 saturated carbocycles. The molecule has 1 saturated heterocycles. The van der Waals surface area contributed by atoms with Crippen LogP contribution in [0, 0.1) is 23.2 Å². The first kappa shape index (κ1) is 8.15. The van der Waals surface area contributed by atoms with Crippen molar-refractivity contribution in [3.63, 3.8) is 0 Å². The van der Waals surface area contributed by atoms with Gasteiger partial charge in [0.15, 0.2) is 0 Å². The molecule has 0 aromatic heterocycles. The third-order valence-electron chi connectivity index (χ3n) is 5.48. The van der Waals surface area contributed by atoms with Gasteiger partial charge in [-0.05, 0) is 68.1 Å². The van der Waals surface area contributed by atoms with Crippen LogP contribution in [0.15, 0.2) is 0 Å². The van der Waals surface area contributed by atoms with Gasteiger partial charge in [0.05, 0.1) is 6.10 Å². The van der Waals surface area contributed by atoms with E-state index in [1.807, 2.05) is 0 Å². The first-order valence-corrected chi connectivity index (χ1v) is 6.47. The third kappa shape index (κ3) is 0.900. The summed E-state index contributed by atoms with van der Waals surface area (Å²) < 4.78 is 6.11. The van der Waals surface area contributed by atoms with Crippen LogP contribution >= 0.6 is 0 Å². The molecule has 78 valence electrons. The minimum Gasteiger partial charge on any atom is -0.377 e. The molecule has 1 heterocycles. The summed E-state index contributed by atoms with van der Waals surface area (Å²) >= 11 is 0. The van der Waals surface area contributed by atoms with E-state index >= 15 is 0 Å². The van der Waals surface area contributed by atoms with Crippen molar-refractivity contribution in [1.82, 2.24) is 0 Å². The van der Waals surface area contributed by atoms with Crippen molar-refractivity contribution in [3.05, 3.63) is 0 Å². The van der Waals surface area contributed by atoms with E-state index < -0.39 is 0 Å². The van der Waals surface area contributed by atoms with Crippen LogP contribution in [0.2, 0.25) is 0 Å². The minimum absolute atomic E-state index is 0.674. The second-order valence-corrected chi connectivity index (χ2v) is 6.36. The molecule has 0 radical (unpaired) electrons. The molecule has 4 aliphatic carbocycles. The molecular formula is C13H20O. The zero-order valence-corrected chi connectivity index (χ0v) is 8.87. The Hall–Kier alpha value is -0.0400. The lowest BCUT2D eigenvalue weighted by Gasteiger charge is -2.62. The van der Waals surface area contributed by atoms with Gasteiger partial charge in [-0.1, -0.05) is 0 Å². The van der Waals surface area contributed by atoms with Crippen LogP contribution in [-0.2, 0) is 4.74 Å². The summed E-state index contributed by atoms with van der Waals surface area (Å²) in [7, 11) is 0. The van der Waals surface area contributed by atoms with E-state index in [1.54, 1.807) is 6.42 Å². The van der Waals surface area contributed by atoms with E-state index in [0.717, 1.165) is 24.4 Å². The summed E-state index contributed by atoms with van der Waals surface area (Å²) in [5.74, 6) is 3.14. The van der Waals surface area contributed by atoms with Crippen molar-refractivity contribution in [2.24, 2.45) is 23.2 Å². The van der Waals surface area contributed by atoms with Crippen molar-refractivity contribution in [3.8, 4) is 0 Å². The highest BCUT2D eigenvalue weighted by molar-refractivity contribution is 5.08.